The van der Waals surface area contributed by atoms with Gasteiger partial charge in [0, 0.05) is 31.2 Å². The minimum atomic E-state index is -0.204. The Kier molecular flexibility index (Phi) is 6.75. The van der Waals surface area contributed by atoms with Crippen LogP contribution in [0.15, 0.2) is 24.3 Å². The molecule has 0 aliphatic carbocycles. The molecule has 6 nitrogen and oxygen atoms in total. The number of carbonyl (C=O) groups excluding carboxylic acids is 2. The lowest BCUT2D eigenvalue weighted by Gasteiger charge is -2.31. The summed E-state index contributed by atoms with van der Waals surface area (Å²) in [7, 11) is 0. The van der Waals surface area contributed by atoms with Gasteiger partial charge >= 0.3 is 0 Å². The van der Waals surface area contributed by atoms with Crippen LogP contribution < -0.4 is 16.8 Å². The first-order valence-corrected chi connectivity index (χ1v) is 8.60. The van der Waals surface area contributed by atoms with Crippen molar-refractivity contribution >= 4 is 17.5 Å². The van der Waals surface area contributed by atoms with Crippen molar-refractivity contribution in [3.05, 3.63) is 29.8 Å². The van der Waals surface area contributed by atoms with Crippen molar-refractivity contribution in [1.29, 1.82) is 0 Å². The normalized spacial score (nSPS) is 19.7. The SMILES string of the molecule is CC(N)CCC(=O)Nc1ccc(CN2CCCC(C(N)=O)C2)cc1. The van der Waals surface area contributed by atoms with E-state index >= 15 is 0 Å². The number of nitrogens with zero attached hydrogens (tertiary/aromatic N) is 1. The zero-order valence-electron chi connectivity index (χ0n) is 14.3. The van der Waals surface area contributed by atoms with E-state index in [0.29, 0.717) is 12.8 Å². The van der Waals surface area contributed by atoms with Gasteiger partial charge in [-0.1, -0.05) is 12.1 Å². The number of nitrogens with two attached hydrogens (primary N) is 2. The first-order valence-electron chi connectivity index (χ1n) is 8.60. The molecule has 0 aromatic heterocycles. The lowest BCUT2D eigenvalue weighted by atomic mass is 9.97. The Hall–Kier alpha value is -1.92. The summed E-state index contributed by atoms with van der Waals surface area (Å²) in [5.74, 6) is -0.257. The van der Waals surface area contributed by atoms with Crippen molar-refractivity contribution in [3.8, 4) is 0 Å². The van der Waals surface area contributed by atoms with Crippen LogP contribution in [0.2, 0.25) is 0 Å². The lowest BCUT2D eigenvalue weighted by molar-refractivity contribution is -0.123. The van der Waals surface area contributed by atoms with Crippen LogP contribution in [0.1, 0.15) is 38.2 Å². The summed E-state index contributed by atoms with van der Waals surface area (Å²) in [4.78, 5) is 25.4. The summed E-state index contributed by atoms with van der Waals surface area (Å²) in [6.07, 6.45) is 3.00. The molecule has 0 spiro atoms. The van der Waals surface area contributed by atoms with Crippen molar-refractivity contribution in [1.82, 2.24) is 4.90 Å². The predicted octanol–water partition coefficient (Wildman–Crippen LogP) is 1.45. The molecule has 5 N–H and O–H groups in total. The first kappa shape index (κ1) is 18.4. The maximum Gasteiger partial charge on any atom is 0.224 e. The molecular weight excluding hydrogens is 304 g/mol. The molecule has 1 saturated heterocycles. The van der Waals surface area contributed by atoms with Gasteiger partial charge in [0.05, 0.1) is 5.92 Å². The van der Waals surface area contributed by atoms with Crippen LogP contribution in [-0.2, 0) is 16.1 Å². The molecule has 1 aliphatic rings. The second-order valence-corrected chi connectivity index (χ2v) is 6.74. The van der Waals surface area contributed by atoms with E-state index < -0.39 is 0 Å². The van der Waals surface area contributed by atoms with Crippen LogP contribution in [0, 0.1) is 5.92 Å². The summed E-state index contributed by atoms with van der Waals surface area (Å²) in [6.45, 7) is 4.40. The maximum absolute atomic E-state index is 11.8. The molecule has 0 saturated carbocycles. The van der Waals surface area contributed by atoms with Gasteiger partial charge in [0.1, 0.15) is 0 Å². The van der Waals surface area contributed by atoms with E-state index in [-0.39, 0.29) is 23.8 Å². The van der Waals surface area contributed by atoms with E-state index in [9.17, 15) is 9.59 Å². The van der Waals surface area contributed by atoms with Gasteiger partial charge in [-0.25, -0.2) is 0 Å². The highest BCUT2D eigenvalue weighted by Gasteiger charge is 2.23. The van der Waals surface area contributed by atoms with Crippen molar-refractivity contribution in [2.45, 2.75) is 45.2 Å². The van der Waals surface area contributed by atoms with Gasteiger partial charge in [0.2, 0.25) is 11.8 Å². The number of benzene rings is 1. The van der Waals surface area contributed by atoms with Crippen molar-refractivity contribution in [3.63, 3.8) is 0 Å². The molecule has 0 bridgehead atoms. The van der Waals surface area contributed by atoms with Crippen LogP contribution in [0.3, 0.4) is 0 Å². The zero-order valence-corrected chi connectivity index (χ0v) is 14.3. The van der Waals surface area contributed by atoms with Gasteiger partial charge in [-0.3, -0.25) is 14.5 Å². The quantitative estimate of drug-likeness (QED) is 0.703. The molecule has 1 aliphatic heterocycles. The van der Waals surface area contributed by atoms with E-state index in [2.05, 4.69) is 10.2 Å². The maximum atomic E-state index is 11.8. The molecule has 0 radical (unpaired) electrons. The molecule has 2 amide bonds. The zero-order chi connectivity index (χ0) is 17.5. The number of rotatable bonds is 7. The number of nitrogens with one attached hydrogen (secondary N) is 1. The molecular formula is C18H28N4O2. The molecule has 2 atom stereocenters. The molecule has 2 rings (SSSR count). The number of hydrogen-bond donors (Lipinski definition) is 3. The Morgan fingerprint density at radius 1 is 1.33 bits per heavy atom. The average molecular weight is 332 g/mol. The van der Waals surface area contributed by atoms with Crippen LogP contribution >= 0.6 is 0 Å². The fourth-order valence-corrected chi connectivity index (χ4v) is 2.97. The Balaban J connectivity index is 1.83. The van der Waals surface area contributed by atoms with Crippen molar-refractivity contribution in [2.75, 3.05) is 18.4 Å². The standard InChI is InChI=1S/C18H28N4O2/c1-13(19)4-9-17(23)21-16-7-5-14(6-8-16)11-22-10-2-3-15(12-22)18(20)24/h5-8,13,15H,2-4,9-12,19H2,1H3,(H2,20,24)(H,21,23). The molecule has 1 aromatic rings. The average Bonchev–Trinajstić information content (AvgIpc) is 2.55. The van der Waals surface area contributed by atoms with Crippen LogP contribution in [0.5, 0.6) is 0 Å². The predicted molar refractivity (Wildman–Crippen MR) is 95.2 cm³/mol. The minimum absolute atomic E-state index is 0.0135. The van der Waals surface area contributed by atoms with E-state index in [0.717, 1.165) is 43.7 Å². The molecule has 2 unspecified atom stereocenters. The summed E-state index contributed by atoms with van der Waals surface area (Å²) in [5, 5.41) is 2.88. The number of likely N-dealkylation sites (tertiary alicyclic amines) is 1. The monoisotopic (exact) mass is 332 g/mol. The smallest absolute Gasteiger partial charge is 0.224 e. The number of primary amides is 1. The van der Waals surface area contributed by atoms with Gasteiger partial charge in [0.25, 0.3) is 0 Å². The third kappa shape index (κ3) is 5.94. The van der Waals surface area contributed by atoms with Crippen molar-refractivity contribution in [2.24, 2.45) is 17.4 Å². The summed E-state index contributed by atoms with van der Waals surface area (Å²) in [5.41, 5.74) is 13.0. The summed E-state index contributed by atoms with van der Waals surface area (Å²) in [6, 6.07) is 7.87. The third-order valence-corrected chi connectivity index (χ3v) is 4.38. The fraction of sp³-hybridized carbons (Fsp3) is 0.556. The van der Waals surface area contributed by atoms with Crippen LogP contribution in [-0.4, -0.2) is 35.8 Å². The van der Waals surface area contributed by atoms with Gasteiger partial charge in [0.15, 0.2) is 0 Å². The number of carbonyl (C=O) groups is 2. The summed E-state index contributed by atoms with van der Waals surface area (Å²) < 4.78 is 0. The Morgan fingerprint density at radius 2 is 2.04 bits per heavy atom. The van der Waals surface area contributed by atoms with Crippen molar-refractivity contribution < 1.29 is 9.59 Å². The number of piperidine rings is 1. The number of amides is 2. The van der Waals surface area contributed by atoms with E-state index in [1.807, 2.05) is 31.2 Å². The van der Waals surface area contributed by atoms with Crippen LogP contribution in [0.25, 0.3) is 0 Å². The second kappa shape index (κ2) is 8.80. The minimum Gasteiger partial charge on any atom is -0.369 e. The fourth-order valence-electron chi connectivity index (χ4n) is 2.97. The Bertz CT molecular complexity index is 557. The molecule has 1 heterocycles. The van der Waals surface area contributed by atoms with Gasteiger partial charge < -0.3 is 16.8 Å². The van der Waals surface area contributed by atoms with E-state index in [1.54, 1.807) is 0 Å². The largest absolute Gasteiger partial charge is 0.369 e. The highest BCUT2D eigenvalue weighted by molar-refractivity contribution is 5.90. The second-order valence-electron chi connectivity index (χ2n) is 6.74. The van der Waals surface area contributed by atoms with Gasteiger partial charge in [-0.05, 0) is 50.4 Å². The van der Waals surface area contributed by atoms with E-state index in [1.165, 1.54) is 0 Å². The molecule has 1 fully saturated rings. The first-order chi connectivity index (χ1) is 11.4. The third-order valence-electron chi connectivity index (χ3n) is 4.38. The molecule has 6 heteroatoms. The highest BCUT2D eigenvalue weighted by atomic mass is 16.2. The topological polar surface area (TPSA) is 101 Å². The molecule has 1 aromatic carbocycles. The molecule has 132 valence electrons. The molecule has 24 heavy (non-hydrogen) atoms. The number of hydrogen-bond acceptors (Lipinski definition) is 4. The lowest BCUT2D eigenvalue weighted by Crippen LogP contribution is -2.40. The Labute approximate surface area is 143 Å². The summed E-state index contributed by atoms with van der Waals surface area (Å²) >= 11 is 0. The van der Waals surface area contributed by atoms with E-state index in [4.69, 9.17) is 11.5 Å². The Morgan fingerprint density at radius 3 is 2.67 bits per heavy atom. The van der Waals surface area contributed by atoms with Crippen LogP contribution in [0.4, 0.5) is 5.69 Å². The highest BCUT2D eigenvalue weighted by Crippen LogP contribution is 2.19. The van der Waals surface area contributed by atoms with Gasteiger partial charge in [-0.15, -0.1) is 0 Å². The number of anilines is 1. The van der Waals surface area contributed by atoms with Gasteiger partial charge in [-0.2, -0.15) is 0 Å².